The van der Waals surface area contributed by atoms with Gasteiger partial charge in [0.15, 0.2) is 0 Å². The molecular weight excluding hydrogens is 190 g/mol. The van der Waals surface area contributed by atoms with Crippen molar-refractivity contribution in [1.29, 1.82) is 0 Å². The first kappa shape index (κ1) is 8.50. The van der Waals surface area contributed by atoms with Crippen molar-refractivity contribution in [3.8, 4) is 0 Å². The van der Waals surface area contributed by atoms with Crippen molar-refractivity contribution in [3.63, 3.8) is 0 Å². The average Bonchev–Trinajstić information content (AvgIpc) is 1.94. The van der Waals surface area contributed by atoms with Gasteiger partial charge in [-0.1, -0.05) is 11.6 Å². The van der Waals surface area contributed by atoms with E-state index in [4.69, 9.17) is 23.2 Å². The molecule has 0 aliphatic carbocycles. The van der Waals surface area contributed by atoms with Crippen molar-refractivity contribution in [1.82, 2.24) is 0 Å². The Labute approximate surface area is 72.7 Å². The molecule has 0 saturated carbocycles. The Kier molecular flexibility index (Phi) is 2.47. The smallest absolute Gasteiger partial charge is 0.252 e. The van der Waals surface area contributed by atoms with E-state index < -0.39 is 11.1 Å². The van der Waals surface area contributed by atoms with Crippen molar-refractivity contribution in [3.05, 3.63) is 34.6 Å². The molecule has 0 bridgehead atoms. The molecule has 0 amide bonds. The largest absolute Gasteiger partial charge is 0.276 e. The average molecular weight is 193 g/mol. The minimum atomic E-state index is -0.694. The van der Waals surface area contributed by atoms with E-state index in [0.29, 0.717) is 0 Å². The normalized spacial score (nSPS) is 9.73. The molecule has 1 aromatic carbocycles. The van der Waals surface area contributed by atoms with E-state index in [1.54, 1.807) is 0 Å². The SMILES string of the molecule is O=C(Cl)c1ccc(Cl)c(F)c1. The molecule has 0 atom stereocenters. The molecule has 4 heteroatoms. The van der Waals surface area contributed by atoms with Gasteiger partial charge < -0.3 is 0 Å². The number of carbonyl (C=O) groups is 1. The fraction of sp³-hybridized carbons (Fsp3) is 0. The van der Waals surface area contributed by atoms with Crippen LogP contribution in [-0.2, 0) is 0 Å². The van der Waals surface area contributed by atoms with E-state index in [1.807, 2.05) is 0 Å². The van der Waals surface area contributed by atoms with Gasteiger partial charge >= 0.3 is 0 Å². The first-order valence-electron chi connectivity index (χ1n) is 2.76. The number of benzene rings is 1. The zero-order chi connectivity index (χ0) is 8.43. The van der Waals surface area contributed by atoms with Gasteiger partial charge in [0.05, 0.1) is 5.02 Å². The van der Waals surface area contributed by atoms with E-state index in [1.165, 1.54) is 12.1 Å². The molecule has 1 rings (SSSR count). The van der Waals surface area contributed by atoms with E-state index >= 15 is 0 Å². The summed E-state index contributed by atoms with van der Waals surface area (Å²) in [4.78, 5) is 10.5. The van der Waals surface area contributed by atoms with Gasteiger partial charge in [0.1, 0.15) is 5.82 Å². The molecule has 1 aromatic rings. The summed E-state index contributed by atoms with van der Waals surface area (Å²) in [7, 11) is 0. The molecule has 0 heterocycles. The Morgan fingerprint density at radius 2 is 2.09 bits per heavy atom. The van der Waals surface area contributed by atoms with E-state index in [0.717, 1.165) is 6.07 Å². The Hall–Kier alpha value is -0.600. The van der Waals surface area contributed by atoms with Gasteiger partial charge in [-0.05, 0) is 29.8 Å². The second-order valence-electron chi connectivity index (χ2n) is 1.90. The lowest BCUT2D eigenvalue weighted by Crippen LogP contribution is -1.89. The van der Waals surface area contributed by atoms with Gasteiger partial charge in [-0.3, -0.25) is 4.79 Å². The molecule has 0 aliphatic heterocycles. The van der Waals surface area contributed by atoms with Crippen molar-refractivity contribution in [2.75, 3.05) is 0 Å². The summed E-state index contributed by atoms with van der Waals surface area (Å²) >= 11 is 10.4. The summed E-state index contributed by atoms with van der Waals surface area (Å²) in [5.74, 6) is -0.641. The van der Waals surface area contributed by atoms with Crippen LogP contribution in [0.3, 0.4) is 0 Å². The maximum Gasteiger partial charge on any atom is 0.252 e. The fourth-order valence-electron chi connectivity index (χ4n) is 0.618. The minimum Gasteiger partial charge on any atom is -0.276 e. The number of hydrogen-bond donors (Lipinski definition) is 0. The van der Waals surface area contributed by atoms with Crippen LogP contribution in [0.1, 0.15) is 10.4 Å². The minimum absolute atomic E-state index is 0.0216. The summed E-state index contributed by atoms with van der Waals surface area (Å²) in [6, 6.07) is 3.64. The zero-order valence-corrected chi connectivity index (χ0v) is 6.79. The molecule has 0 unspecified atom stereocenters. The van der Waals surface area contributed by atoms with E-state index in [9.17, 15) is 9.18 Å². The van der Waals surface area contributed by atoms with Crippen LogP contribution >= 0.6 is 23.2 Å². The maximum atomic E-state index is 12.6. The molecule has 0 spiro atoms. The first-order valence-corrected chi connectivity index (χ1v) is 3.52. The molecule has 0 aromatic heterocycles. The summed E-state index contributed by atoms with van der Waals surface area (Å²) in [5.41, 5.74) is 0.105. The Morgan fingerprint density at radius 3 is 2.55 bits per heavy atom. The van der Waals surface area contributed by atoms with Crippen molar-refractivity contribution < 1.29 is 9.18 Å². The molecule has 1 nitrogen and oxygen atoms in total. The lowest BCUT2D eigenvalue weighted by Gasteiger charge is -1.94. The predicted molar refractivity (Wildman–Crippen MR) is 41.6 cm³/mol. The van der Waals surface area contributed by atoms with Crippen LogP contribution in [-0.4, -0.2) is 5.24 Å². The summed E-state index contributed by atoms with van der Waals surface area (Å²) < 4.78 is 12.6. The van der Waals surface area contributed by atoms with Crippen LogP contribution in [0.25, 0.3) is 0 Å². The van der Waals surface area contributed by atoms with Gasteiger partial charge in [-0.15, -0.1) is 0 Å². The summed E-state index contributed by atoms with van der Waals surface area (Å²) in [6.45, 7) is 0. The number of halogens is 3. The van der Waals surface area contributed by atoms with Gasteiger partial charge in [0.25, 0.3) is 5.24 Å². The quantitative estimate of drug-likeness (QED) is 0.626. The van der Waals surface area contributed by atoms with Gasteiger partial charge in [-0.2, -0.15) is 0 Å². The topological polar surface area (TPSA) is 17.1 Å². The number of hydrogen-bond acceptors (Lipinski definition) is 1. The van der Waals surface area contributed by atoms with E-state index in [-0.39, 0.29) is 10.6 Å². The summed E-state index contributed by atoms with van der Waals surface area (Å²) in [5, 5.41) is -0.716. The highest BCUT2D eigenvalue weighted by Crippen LogP contribution is 2.16. The predicted octanol–water partition coefficient (Wildman–Crippen LogP) is 2.86. The molecule has 11 heavy (non-hydrogen) atoms. The molecule has 0 saturated heterocycles. The molecule has 58 valence electrons. The Bertz CT molecular complexity index is 298. The van der Waals surface area contributed by atoms with Gasteiger partial charge in [0, 0.05) is 5.56 Å². The molecule has 0 N–H and O–H groups in total. The van der Waals surface area contributed by atoms with Crippen molar-refractivity contribution in [2.45, 2.75) is 0 Å². The van der Waals surface area contributed by atoms with Gasteiger partial charge in [-0.25, -0.2) is 4.39 Å². The zero-order valence-electron chi connectivity index (χ0n) is 5.27. The first-order chi connectivity index (χ1) is 5.11. The maximum absolute atomic E-state index is 12.6. The third-order valence-corrected chi connectivity index (χ3v) is 1.67. The standard InChI is InChI=1S/C7H3Cl2FO/c8-5-2-1-4(7(9)11)3-6(5)10/h1-3H. The number of rotatable bonds is 1. The van der Waals surface area contributed by atoms with Crippen LogP contribution in [0.5, 0.6) is 0 Å². The second kappa shape index (κ2) is 3.20. The second-order valence-corrected chi connectivity index (χ2v) is 2.65. The van der Waals surface area contributed by atoms with Crippen molar-refractivity contribution >= 4 is 28.4 Å². The summed E-state index contributed by atoms with van der Waals surface area (Å²) in [6.07, 6.45) is 0. The Balaban J connectivity index is 3.15. The molecular formula is C7H3Cl2FO. The third kappa shape index (κ3) is 1.91. The lowest BCUT2D eigenvalue weighted by atomic mass is 10.2. The monoisotopic (exact) mass is 192 g/mol. The molecule has 0 aliphatic rings. The fourth-order valence-corrected chi connectivity index (χ4v) is 0.853. The third-order valence-electron chi connectivity index (χ3n) is 1.15. The molecule has 0 radical (unpaired) electrons. The highest BCUT2D eigenvalue weighted by atomic mass is 35.5. The lowest BCUT2D eigenvalue weighted by molar-refractivity contribution is 0.108. The van der Waals surface area contributed by atoms with Crippen LogP contribution in [0, 0.1) is 5.82 Å². The van der Waals surface area contributed by atoms with Crippen LogP contribution in [0.15, 0.2) is 18.2 Å². The highest BCUT2D eigenvalue weighted by Gasteiger charge is 2.04. The van der Waals surface area contributed by atoms with Gasteiger partial charge in [0.2, 0.25) is 0 Å². The number of carbonyl (C=O) groups excluding carboxylic acids is 1. The molecule has 0 fully saturated rings. The van der Waals surface area contributed by atoms with Crippen LogP contribution in [0.4, 0.5) is 4.39 Å². The highest BCUT2D eigenvalue weighted by molar-refractivity contribution is 6.67. The van der Waals surface area contributed by atoms with Crippen LogP contribution in [0.2, 0.25) is 5.02 Å². The van der Waals surface area contributed by atoms with E-state index in [2.05, 4.69) is 0 Å². The van der Waals surface area contributed by atoms with Crippen LogP contribution < -0.4 is 0 Å². The van der Waals surface area contributed by atoms with Crippen molar-refractivity contribution in [2.24, 2.45) is 0 Å². The Morgan fingerprint density at radius 1 is 1.45 bits per heavy atom.